The molecule has 1 N–H and O–H groups in total. The largest absolute Gasteiger partial charge is 0.481 e. The van der Waals surface area contributed by atoms with Crippen LogP contribution in [0.3, 0.4) is 0 Å². The minimum atomic E-state index is -1.03. The number of carboxylic acids is 1. The fourth-order valence-corrected chi connectivity index (χ4v) is 3.93. The Labute approximate surface area is 165 Å². The predicted molar refractivity (Wildman–Crippen MR) is 106 cm³/mol. The number of rotatable bonds is 6. The van der Waals surface area contributed by atoms with Crippen LogP contribution in [-0.2, 0) is 16.0 Å². The molecule has 3 rings (SSSR count). The first-order valence-corrected chi connectivity index (χ1v) is 9.83. The van der Waals surface area contributed by atoms with Crippen LogP contribution in [0.5, 0.6) is 0 Å². The molecular formula is C22H28N2O4. The van der Waals surface area contributed by atoms with E-state index in [0.717, 1.165) is 11.1 Å². The highest BCUT2D eigenvalue weighted by molar-refractivity contribution is 5.80. The molecule has 1 amide bonds. The van der Waals surface area contributed by atoms with Crippen LogP contribution in [0.25, 0.3) is 11.3 Å². The number of nitrogens with zero attached hydrogens (tertiary/aromatic N) is 2. The van der Waals surface area contributed by atoms with Gasteiger partial charge in [-0.1, -0.05) is 43.3 Å². The molecule has 0 saturated carbocycles. The van der Waals surface area contributed by atoms with Gasteiger partial charge in [-0.2, -0.15) is 0 Å². The van der Waals surface area contributed by atoms with Gasteiger partial charge in [0.15, 0.2) is 0 Å². The van der Waals surface area contributed by atoms with E-state index in [2.05, 4.69) is 5.16 Å². The highest BCUT2D eigenvalue weighted by Gasteiger charge is 2.44. The van der Waals surface area contributed by atoms with Crippen molar-refractivity contribution in [3.05, 3.63) is 41.7 Å². The maximum absolute atomic E-state index is 12.5. The second-order valence-corrected chi connectivity index (χ2v) is 8.27. The monoisotopic (exact) mass is 384 g/mol. The Balaban J connectivity index is 1.81. The minimum absolute atomic E-state index is 0.0264. The quantitative estimate of drug-likeness (QED) is 0.816. The molecule has 0 radical (unpaired) electrons. The van der Waals surface area contributed by atoms with Crippen molar-refractivity contribution in [2.45, 2.75) is 46.5 Å². The molecule has 1 saturated heterocycles. The van der Waals surface area contributed by atoms with Crippen molar-refractivity contribution in [2.75, 3.05) is 13.1 Å². The normalized spacial score (nSPS) is 19.8. The van der Waals surface area contributed by atoms with Gasteiger partial charge in [0.2, 0.25) is 5.91 Å². The summed E-state index contributed by atoms with van der Waals surface area (Å²) in [6.45, 7) is 6.82. The van der Waals surface area contributed by atoms with Crippen LogP contribution in [0.15, 0.2) is 34.9 Å². The summed E-state index contributed by atoms with van der Waals surface area (Å²) < 4.78 is 5.50. The molecule has 0 unspecified atom stereocenters. The molecule has 0 spiro atoms. The average Bonchev–Trinajstić information content (AvgIpc) is 3.09. The molecule has 6 nitrogen and oxygen atoms in total. The highest BCUT2D eigenvalue weighted by Crippen LogP contribution is 2.36. The molecule has 1 fully saturated rings. The van der Waals surface area contributed by atoms with Gasteiger partial charge in [0.05, 0.1) is 5.41 Å². The van der Waals surface area contributed by atoms with Gasteiger partial charge in [-0.15, -0.1) is 0 Å². The fourth-order valence-electron chi connectivity index (χ4n) is 3.93. The minimum Gasteiger partial charge on any atom is -0.481 e. The van der Waals surface area contributed by atoms with Crippen molar-refractivity contribution in [2.24, 2.45) is 11.3 Å². The maximum atomic E-state index is 12.5. The summed E-state index contributed by atoms with van der Waals surface area (Å²) in [6, 6.07) is 9.69. The SMILES string of the molecule is Cc1ccccc1-c1cc(C[C@]2(C(=O)O)CCCN(C(=O)CC(C)C)C2)on1. The summed E-state index contributed by atoms with van der Waals surface area (Å²) in [7, 11) is 0. The van der Waals surface area contributed by atoms with Crippen molar-refractivity contribution in [3.63, 3.8) is 0 Å². The molecule has 1 aliphatic rings. The third-order valence-electron chi connectivity index (χ3n) is 5.46. The number of benzene rings is 1. The lowest BCUT2D eigenvalue weighted by atomic mass is 9.76. The average molecular weight is 384 g/mol. The van der Waals surface area contributed by atoms with Crippen molar-refractivity contribution in [1.29, 1.82) is 0 Å². The zero-order chi connectivity index (χ0) is 20.3. The number of aryl methyl sites for hydroxylation is 1. The molecule has 1 aromatic heterocycles. The molecule has 2 aromatic rings. The molecule has 0 aliphatic carbocycles. The van der Waals surface area contributed by atoms with Crippen molar-refractivity contribution < 1.29 is 19.2 Å². The Bertz CT molecular complexity index is 858. The number of hydrogen-bond donors (Lipinski definition) is 1. The second kappa shape index (κ2) is 8.17. The van der Waals surface area contributed by atoms with E-state index in [1.54, 1.807) is 4.90 Å². The first-order chi connectivity index (χ1) is 13.3. The number of carbonyl (C=O) groups excluding carboxylic acids is 1. The summed E-state index contributed by atoms with van der Waals surface area (Å²) in [5, 5.41) is 14.1. The van der Waals surface area contributed by atoms with Crippen LogP contribution in [0, 0.1) is 18.3 Å². The number of hydrogen-bond acceptors (Lipinski definition) is 4. The van der Waals surface area contributed by atoms with Gasteiger partial charge in [0.1, 0.15) is 11.5 Å². The van der Waals surface area contributed by atoms with E-state index in [4.69, 9.17) is 4.52 Å². The first kappa shape index (κ1) is 20.1. The number of aromatic nitrogens is 1. The van der Waals surface area contributed by atoms with E-state index in [0.29, 0.717) is 37.3 Å². The van der Waals surface area contributed by atoms with Gasteiger partial charge in [-0.3, -0.25) is 9.59 Å². The van der Waals surface area contributed by atoms with Crippen LogP contribution in [0.2, 0.25) is 0 Å². The predicted octanol–water partition coefficient (Wildman–Crippen LogP) is 3.93. The number of carbonyl (C=O) groups is 2. The second-order valence-electron chi connectivity index (χ2n) is 8.27. The van der Waals surface area contributed by atoms with E-state index >= 15 is 0 Å². The Morgan fingerprint density at radius 1 is 1.32 bits per heavy atom. The van der Waals surface area contributed by atoms with E-state index < -0.39 is 11.4 Å². The number of carboxylic acid groups (broad SMARTS) is 1. The van der Waals surface area contributed by atoms with E-state index in [1.165, 1.54) is 0 Å². The summed E-state index contributed by atoms with van der Waals surface area (Å²) in [4.78, 5) is 26.4. The van der Waals surface area contributed by atoms with E-state index in [1.807, 2.05) is 51.1 Å². The standard InChI is InChI=1S/C22H28N2O4/c1-15(2)11-20(25)24-10-6-9-22(14-24,21(26)27)13-17-12-19(23-28-17)18-8-5-4-7-16(18)3/h4-5,7-8,12,15H,6,9-11,13-14H2,1-3H3,(H,26,27)/t22-/m1/s1. The molecule has 2 heterocycles. The van der Waals surface area contributed by atoms with Crippen molar-refractivity contribution >= 4 is 11.9 Å². The van der Waals surface area contributed by atoms with Gasteiger partial charge in [-0.05, 0) is 31.2 Å². The highest BCUT2D eigenvalue weighted by atomic mass is 16.5. The van der Waals surface area contributed by atoms with Crippen LogP contribution >= 0.6 is 0 Å². The summed E-state index contributed by atoms with van der Waals surface area (Å²) in [5.41, 5.74) is 1.72. The lowest BCUT2D eigenvalue weighted by molar-refractivity contribution is -0.155. The third kappa shape index (κ3) is 4.26. The topological polar surface area (TPSA) is 83.6 Å². The Morgan fingerprint density at radius 3 is 2.75 bits per heavy atom. The number of amides is 1. The number of piperidine rings is 1. The van der Waals surface area contributed by atoms with E-state index in [9.17, 15) is 14.7 Å². The molecule has 150 valence electrons. The lowest BCUT2D eigenvalue weighted by Crippen LogP contribution is -2.51. The molecule has 1 aromatic carbocycles. The van der Waals surface area contributed by atoms with Gasteiger partial charge in [0, 0.05) is 37.6 Å². The van der Waals surface area contributed by atoms with Crippen LogP contribution in [0.4, 0.5) is 0 Å². The lowest BCUT2D eigenvalue weighted by Gasteiger charge is -2.39. The van der Waals surface area contributed by atoms with E-state index in [-0.39, 0.29) is 24.8 Å². The fraction of sp³-hybridized carbons (Fsp3) is 0.500. The Hall–Kier alpha value is -2.63. The Kier molecular flexibility index (Phi) is 5.87. The summed E-state index contributed by atoms with van der Waals surface area (Å²) in [5.74, 6) is -0.0692. The molecule has 28 heavy (non-hydrogen) atoms. The molecule has 1 aliphatic heterocycles. The molecular weight excluding hydrogens is 356 g/mol. The smallest absolute Gasteiger partial charge is 0.311 e. The van der Waals surface area contributed by atoms with Gasteiger partial charge >= 0.3 is 5.97 Å². The number of likely N-dealkylation sites (tertiary alicyclic amines) is 1. The zero-order valence-corrected chi connectivity index (χ0v) is 16.8. The first-order valence-electron chi connectivity index (χ1n) is 9.83. The molecule has 1 atom stereocenters. The maximum Gasteiger partial charge on any atom is 0.311 e. The van der Waals surface area contributed by atoms with Crippen LogP contribution < -0.4 is 0 Å². The third-order valence-corrected chi connectivity index (χ3v) is 5.46. The Morgan fingerprint density at radius 2 is 2.07 bits per heavy atom. The summed E-state index contributed by atoms with van der Waals surface area (Å²) in [6.07, 6.45) is 1.87. The van der Waals surface area contributed by atoms with Crippen molar-refractivity contribution in [3.8, 4) is 11.3 Å². The number of aliphatic carboxylic acids is 1. The zero-order valence-electron chi connectivity index (χ0n) is 16.8. The summed E-state index contributed by atoms with van der Waals surface area (Å²) >= 11 is 0. The van der Waals surface area contributed by atoms with Gasteiger partial charge in [0.25, 0.3) is 0 Å². The molecule has 0 bridgehead atoms. The molecule has 6 heteroatoms. The van der Waals surface area contributed by atoms with Crippen LogP contribution in [0.1, 0.15) is 44.4 Å². The van der Waals surface area contributed by atoms with Crippen molar-refractivity contribution in [1.82, 2.24) is 10.1 Å². The van der Waals surface area contributed by atoms with Gasteiger partial charge in [-0.25, -0.2) is 0 Å². The van der Waals surface area contributed by atoms with Crippen LogP contribution in [-0.4, -0.2) is 40.1 Å². The van der Waals surface area contributed by atoms with Gasteiger partial charge < -0.3 is 14.5 Å².